The zero-order valence-corrected chi connectivity index (χ0v) is 13.8. The number of fused-ring (bicyclic) bond motifs is 1. The number of benzene rings is 2. The first kappa shape index (κ1) is 16.1. The van der Waals surface area contributed by atoms with E-state index in [9.17, 15) is 4.79 Å². The fourth-order valence-corrected chi connectivity index (χ4v) is 2.61. The van der Waals surface area contributed by atoms with Crippen LogP contribution in [0.2, 0.25) is 0 Å². The van der Waals surface area contributed by atoms with Crippen LogP contribution in [0, 0.1) is 11.8 Å². The minimum absolute atomic E-state index is 0.0300. The highest BCUT2D eigenvalue weighted by molar-refractivity contribution is 5.80. The number of rotatable bonds is 4. The average Bonchev–Trinajstić information content (AvgIpc) is 2.62. The van der Waals surface area contributed by atoms with E-state index in [0.717, 1.165) is 24.0 Å². The van der Waals surface area contributed by atoms with E-state index in [1.54, 1.807) is 12.1 Å². The van der Waals surface area contributed by atoms with Gasteiger partial charge in [-0.2, -0.15) is 0 Å². The molecular formula is C22H20O2. The Kier molecular flexibility index (Phi) is 5.13. The van der Waals surface area contributed by atoms with Crippen LogP contribution in [0.15, 0.2) is 63.8 Å². The van der Waals surface area contributed by atoms with Crippen LogP contribution in [0.25, 0.3) is 22.3 Å². The van der Waals surface area contributed by atoms with E-state index in [4.69, 9.17) is 4.42 Å². The summed E-state index contributed by atoms with van der Waals surface area (Å²) in [7, 11) is 0. The molecule has 0 saturated carbocycles. The summed E-state index contributed by atoms with van der Waals surface area (Å²) in [5.74, 6) is 6.94. The third-order valence-corrected chi connectivity index (χ3v) is 3.93. The van der Waals surface area contributed by atoms with Crippen molar-refractivity contribution in [2.45, 2.75) is 32.6 Å². The van der Waals surface area contributed by atoms with Crippen molar-refractivity contribution in [1.29, 1.82) is 0 Å². The van der Waals surface area contributed by atoms with Crippen molar-refractivity contribution in [2.75, 3.05) is 0 Å². The molecule has 0 saturated heterocycles. The lowest BCUT2D eigenvalue weighted by Crippen LogP contribution is -2.00. The lowest BCUT2D eigenvalue weighted by Gasteiger charge is -2.03. The summed E-state index contributed by atoms with van der Waals surface area (Å²) in [6.45, 7) is 2.18. The van der Waals surface area contributed by atoms with Gasteiger partial charge in [0.1, 0.15) is 11.3 Å². The molecule has 0 aliphatic heterocycles. The van der Waals surface area contributed by atoms with E-state index in [1.165, 1.54) is 12.8 Å². The van der Waals surface area contributed by atoms with E-state index in [-0.39, 0.29) is 5.43 Å². The largest absolute Gasteiger partial charge is 0.456 e. The van der Waals surface area contributed by atoms with Gasteiger partial charge in [-0.3, -0.25) is 4.79 Å². The SMILES string of the molecule is CCCCCC#Cc1ccc2c(=O)cc(-c3ccccc3)oc2c1. The molecule has 1 aromatic heterocycles. The summed E-state index contributed by atoms with van der Waals surface area (Å²) in [6, 6.07) is 16.7. The van der Waals surface area contributed by atoms with Crippen LogP contribution in [-0.4, -0.2) is 0 Å². The third-order valence-electron chi connectivity index (χ3n) is 3.93. The molecule has 120 valence electrons. The molecule has 0 bridgehead atoms. The first-order chi connectivity index (χ1) is 11.8. The molecule has 0 aliphatic carbocycles. The molecule has 1 heterocycles. The second kappa shape index (κ2) is 7.66. The molecule has 0 unspecified atom stereocenters. The minimum atomic E-state index is -0.0300. The van der Waals surface area contributed by atoms with Crippen LogP contribution in [0.3, 0.4) is 0 Å². The predicted octanol–water partition coefficient (Wildman–Crippen LogP) is 5.39. The molecule has 24 heavy (non-hydrogen) atoms. The zero-order chi connectivity index (χ0) is 16.8. The number of unbranched alkanes of at least 4 members (excludes halogenated alkanes) is 3. The van der Waals surface area contributed by atoms with Gasteiger partial charge in [0.15, 0.2) is 5.43 Å². The van der Waals surface area contributed by atoms with Crippen molar-refractivity contribution < 1.29 is 4.42 Å². The average molecular weight is 316 g/mol. The molecule has 0 atom stereocenters. The molecule has 0 fully saturated rings. The first-order valence-electron chi connectivity index (χ1n) is 8.40. The Morgan fingerprint density at radius 3 is 2.62 bits per heavy atom. The highest BCUT2D eigenvalue weighted by Crippen LogP contribution is 2.22. The van der Waals surface area contributed by atoms with Gasteiger partial charge in [0.05, 0.1) is 5.39 Å². The second-order valence-electron chi connectivity index (χ2n) is 5.81. The highest BCUT2D eigenvalue weighted by Gasteiger charge is 2.07. The Morgan fingerprint density at radius 1 is 1.00 bits per heavy atom. The molecule has 2 nitrogen and oxygen atoms in total. The molecule has 3 aromatic rings. The van der Waals surface area contributed by atoms with Gasteiger partial charge in [-0.15, -0.1) is 0 Å². The van der Waals surface area contributed by atoms with Crippen LogP contribution < -0.4 is 5.43 Å². The van der Waals surface area contributed by atoms with Gasteiger partial charge in [0, 0.05) is 23.6 Å². The topological polar surface area (TPSA) is 30.2 Å². The van der Waals surface area contributed by atoms with Gasteiger partial charge >= 0.3 is 0 Å². The van der Waals surface area contributed by atoms with E-state index in [2.05, 4.69) is 18.8 Å². The maximum Gasteiger partial charge on any atom is 0.193 e. The van der Waals surface area contributed by atoms with Gasteiger partial charge in [-0.1, -0.05) is 61.9 Å². The van der Waals surface area contributed by atoms with Gasteiger partial charge in [-0.05, 0) is 24.6 Å². The second-order valence-corrected chi connectivity index (χ2v) is 5.81. The Bertz CT molecular complexity index is 940. The standard InChI is InChI=1S/C22H20O2/c1-2-3-4-5-7-10-17-13-14-19-20(23)16-21(24-22(19)15-17)18-11-8-6-9-12-18/h6,8-9,11-16H,2-5H2,1H3. The summed E-state index contributed by atoms with van der Waals surface area (Å²) >= 11 is 0. The van der Waals surface area contributed by atoms with E-state index < -0.39 is 0 Å². The quantitative estimate of drug-likeness (QED) is 0.477. The molecule has 3 rings (SSSR count). The normalized spacial score (nSPS) is 10.4. The fourth-order valence-electron chi connectivity index (χ4n) is 2.61. The lowest BCUT2D eigenvalue weighted by atomic mass is 10.1. The Labute approximate surface area is 142 Å². The molecular weight excluding hydrogens is 296 g/mol. The summed E-state index contributed by atoms with van der Waals surface area (Å²) in [4.78, 5) is 12.3. The van der Waals surface area contributed by atoms with Crippen molar-refractivity contribution in [2.24, 2.45) is 0 Å². The molecule has 2 aromatic carbocycles. The van der Waals surface area contributed by atoms with Crippen LogP contribution in [0.5, 0.6) is 0 Å². The monoisotopic (exact) mass is 316 g/mol. The summed E-state index contributed by atoms with van der Waals surface area (Å²) < 4.78 is 5.95. The zero-order valence-electron chi connectivity index (χ0n) is 13.8. The third kappa shape index (κ3) is 3.75. The minimum Gasteiger partial charge on any atom is -0.456 e. The molecule has 2 heteroatoms. The highest BCUT2D eigenvalue weighted by atomic mass is 16.3. The summed E-state index contributed by atoms with van der Waals surface area (Å²) in [5, 5.41) is 0.589. The van der Waals surface area contributed by atoms with Crippen molar-refractivity contribution in [3.8, 4) is 23.2 Å². The number of hydrogen-bond acceptors (Lipinski definition) is 2. The summed E-state index contributed by atoms with van der Waals surface area (Å²) in [6.07, 6.45) is 4.44. The molecule has 0 radical (unpaired) electrons. The van der Waals surface area contributed by atoms with E-state index >= 15 is 0 Å². The Balaban J connectivity index is 1.95. The molecule has 0 aliphatic rings. The Morgan fingerprint density at radius 2 is 1.83 bits per heavy atom. The fraction of sp³-hybridized carbons (Fsp3) is 0.227. The van der Waals surface area contributed by atoms with Crippen LogP contribution in [0.4, 0.5) is 0 Å². The van der Waals surface area contributed by atoms with Crippen LogP contribution in [-0.2, 0) is 0 Å². The van der Waals surface area contributed by atoms with Crippen LogP contribution in [0.1, 0.15) is 38.2 Å². The summed E-state index contributed by atoms with van der Waals surface area (Å²) in [5.41, 5.74) is 2.33. The van der Waals surface area contributed by atoms with Gasteiger partial charge in [0.2, 0.25) is 0 Å². The maximum atomic E-state index is 12.3. The van der Waals surface area contributed by atoms with E-state index in [0.29, 0.717) is 16.7 Å². The van der Waals surface area contributed by atoms with E-state index in [1.807, 2.05) is 42.5 Å². The van der Waals surface area contributed by atoms with Gasteiger partial charge in [-0.25, -0.2) is 0 Å². The predicted molar refractivity (Wildman–Crippen MR) is 98.9 cm³/mol. The van der Waals surface area contributed by atoms with Gasteiger partial charge in [0.25, 0.3) is 0 Å². The molecule has 0 amide bonds. The Hall–Kier alpha value is -2.79. The first-order valence-corrected chi connectivity index (χ1v) is 8.40. The van der Waals surface area contributed by atoms with Crippen molar-refractivity contribution in [3.05, 3.63) is 70.4 Å². The lowest BCUT2D eigenvalue weighted by molar-refractivity contribution is 0.619. The molecule has 0 N–H and O–H groups in total. The molecule has 0 spiro atoms. The number of hydrogen-bond donors (Lipinski definition) is 0. The van der Waals surface area contributed by atoms with Crippen molar-refractivity contribution in [1.82, 2.24) is 0 Å². The van der Waals surface area contributed by atoms with Gasteiger partial charge < -0.3 is 4.42 Å². The van der Waals surface area contributed by atoms with Crippen molar-refractivity contribution in [3.63, 3.8) is 0 Å². The van der Waals surface area contributed by atoms with Crippen LogP contribution >= 0.6 is 0 Å². The van der Waals surface area contributed by atoms with Crippen molar-refractivity contribution >= 4 is 11.0 Å². The maximum absolute atomic E-state index is 12.3. The smallest absolute Gasteiger partial charge is 0.193 e.